The number of benzene rings is 1. The first kappa shape index (κ1) is 18.8. The third kappa shape index (κ3) is 3.58. The van der Waals surface area contributed by atoms with Crippen LogP contribution in [0.3, 0.4) is 0 Å². The number of fused-ring (bicyclic) bond motifs is 1. The van der Waals surface area contributed by atoms with E-state index >= 15 is 0 Å². The smallest absolute Gasteiger partial charge is 0.417 e. The zero-order valence-electron chi connectivity index (χ0n) is 12.9. The van der Waals surface area contributed by atoms with Gasteiger partial charge in [0, 0.05) is 16.3 Å². The van der Waals surface area contributed by atoms with Crippen molar-refractivity contribution in [1.82, 2.24) is 4.98 Å². The molecule has 136 valence electrons. The van der Waals surface area contributed by atoms with E-state index in [-0.39, 0.29) is 20.7 Å². The maximum Gasteiger partial charge on any atom is 0.417 e. The number of ether oxygens (including phenoxy) is 1. The van der Waals surface area contributed by atoms with E-state index in [0.29, 0.717) is 23.4 Å². The first-order valence-corrected chi connectivity index (χ1v) is 8.58. The van der Waals surface area contributed by atoms with E-state index in [4.69, 9.17) is 27.9 Å². The number of anilines is 1. The van der Waals surface area contributed by atoms with Crippen LogP contribution in [0.1, 0.15) is 15.2 Å². The molecule has 0 radical (unpaired) electrons. The van der Waals surface area contributed by atoms with Gasteiger partial charge in [-0.3, -0.25) is 4.79 Å². The molecule has 0 fully saturated rings. The zero-order valence-corrected chi connectivity index (χ0v) is 15.3. The molecule has 1 amide bonds. The Morgan fingerprint density at radius 1 is 1.27 bits per heavy atom. The fourth-order valence-electron chi connectivity index (χ4n) is 2.17. The molecule has 1 aromatic carbocycles. The lowest BCUT2D eigenvalue weighted by Crippen LogP contribution is -2.13. The average molecular weight is 421 g/mol. The Labute approximate surface area is 159 Å². The summed E-state index contributed by atoms with van der Waals surface area (Å²) in [5.41, 5.74) is -1.01. The lowest BCUT2D eigenvalue weighted by atomic mass is 10.2. The maximum atomic E-state index is 12.6. The number of pyridine rings is 1. The summed E-state index contributed by atoms with van der Waals surface area (Å²) < 4.78 is 43.8. The number of rotatable bonds is 3. The Bertz CT molecular complexity index is 1010. The van der Waals surface area contributed by atoms with Crippen LogP contribution in [-0.2, 0) is 6.18 Å². The second kappa shape index (κ2) is 6.94. The number of carbonyl (C=O) groups is 1. The zero-order chi connectivity index (χ0) is 19.1. The lowest BCUT2D eigenvalue weighted by molar-refractivity contribution is -0.137. The highest BCUT2D eigenvalue weighted by atomic mass is 35.5. The standard InChI is InChI=1S/C16H9Cl2F3N2O2S/c1-25-8-2-3-11-9(5-8)12(18)13(26-11)15(24)23-14-10(17)4-7(6-22-14)16(19,20)21/h2-6H,1H3,(H,22,23,24). The highest BCUT2D eigenvalue weighted by Crippen LogP contribution is 2.38. The summed E-state index contributed by atoms with van der Waals surface area (Å²) in [6.07, 6.45) is -3.98. The molecule has 0 aliphatic carbocycles. The highest BCUT2D eigenvalue weighted by Gasteiger charge is 2.32. The number of nitrogens with zero attached hydrogens (tertiary/aromatic N) is 1. The molecule has 0 aliphatic heterocycles. The van der Waals surface area contributed by atoms with Gasteiger partial charge >= 0.3 is 6.18 Å². The number of methoxy groups -OCH3 is 1. The van der Waals surface area contributed by atoms with Gasteiger partial charge in [-0.2, -0.15) is 13.2 Å². The Balaban J connectivity index is 1.91. The molecule has 0 spiro atoms. The molecule has 0 saturated carbocycles. The molecule has 3 rings (SSSR count). The van der Waals surface area contributed by atoms with E-state index in [1.54, 1.807) is 18.2 Å². The Kier molecular flexibility index (Phi) is 5.01. The summed E-state index contributed by atoms with van der Waals surface area (Å²) in [6, 6.07) is 5.87. The number of hydrogen-bond acceptors (Lipinski definition) is 4. The highest BCUT2D eigenvalue weighted by molar-refractivity contribution is 7.21. The third-order valence-electron chi connectivity index (χ3n) is 3.44. The van der Waals surface area contributed by atoms with Crippen molar-refractivity contribution in [3.8, 4) is 5.75 Å². The average Bonchev–Trinajstić information content (AvgIpc) is 2.92. The first-order valence-electron chi connectivity index (χ1n) is 7.01. The summed E-state index contributed by atoms with van der Waals surface area (Å²) in [5, 5.41) is 2.90. The van der Waals surface area contributed by atoms with Crippen molar-refractivity contribution in [2.45, 2.75) is 6.18 Å². The Morgan fingerprint density at radius 3 is 2.62 bits per heavy atom. The van der Waals surface area contributed by atoms with Gasteiger partial charge in [-0.1, -0.05) is 23.2 Å². The second-order valence-electron chi connectivity index (χ2n) is 5.11. The molecule has 0 saturated heterocycles. The quantitative estimate of drug-likeness (QED) is 0.575. The van der Waals surface area contributed by atoms with Crippen LogP contribution in [0.4, 0.5) is 19.0 Å². The van der Waals surface area contributed by atoms with Gasteiger partial charge in [0.15, 0.2) is 5.82 Å². The molecule has 10 heteroatoms. The number of amides is 1. The van der Waals surface area contributed by atoms with E-state index in [9.17, 15) is 18.0 Å². The Morgan fingerprint density at radius 2 is 2.00 bits per heavy atom. The summed E-state index contributed by atoms with van der Waals surface area (Å²) in [5.74, 6) is -0.225. The monoisotopic (exact) mass is 420 g/mol. The van der Waals surface area contributed by atoms with Crippen LogP contribution in [0.5, 0.6) is 5.75 Å². The number of halogens is 5. The number of hydrogen-bond donors (Lipinski definition) is 1. The SMILES string of the molecule is COc1ccc2sc(C(=O)Nc3ncc(C(F)(F)F)cc3Cl)c(Cl)c2c1. The molecule has 2 aromatic heterocycles. The fraction of sp³-hybridized carbons (Fsp3) is 0.125. The molecule has 3 aromatic rings. The minimum absolute atomic E-state index is 0.184. The lowest BCUT2D eigenvalue weighted by Gasteiger charge is -2.09. The van der Waals surface area contributed by atoms with Gasteiger partial charge in [0.25, 0.3) is 5.91 Å². The summed E-state index contributed by atoms with van der Waals surface area (Å²) in [7, 11) is 1.51. The molecular weight excluding hydrogens is 412 g/mol. The van der Waals surface area contributed by atoms with Crippen molar-refractivity contribution in [2.75, 3.05) is 12.4 Å². The molecule has 0 aliphatic rings. The van der Waals surface area contributed by atoms with Crippen molar-refractivity contribution in [3.05, 3.63) is 50.9 Å². The predicted octanol–water partition coefficient (Wildman–Crippen LogP) is 5.88. The normalized spacial score (nSPS) is 11.6. The van der Waals surface area contributed by atoms with Gasteiger partial charge in [-0.15, -0.1) is 11.3 Å². The van der Waals surface area contributed by atoms with E-state index in [2.05, 4.69) is 10.3 Å². The molecule has 26 heavy (non-hydrogen) atoms. The number of alkyl halides is 3. The Hall–Kier alpha value is -2.03. The molecule has 0 atom stereocenters. The summed E-state index contributed by atoms with van der Waals surface area (Å²) in [6.45, 7) is 0. The van der Waals surface area contributed by atoms with Gasteiger partial charge in [0.1, 0.15) is 10.6 Å². The van der Waals surface area contributed by atoms with Gasteiger partial charge in [-0.05, 0) is 24.3 Å². The molecule has 4 nitrogen and oxygen atoms in total. The number of nitrogens with one attached hydrogen (secondary N) is 1. The van der Waals surface area contributed by atoms with Crippen LogP contribution in [0, 0.1) is 0 Å². The van der Waals surface area contributed by atoms with Gasteiger partial charge < -0.3 is 10.1 Å². The van der Waals surface area contributed by atoms with E-state index < -0.39 is 17.6 Å². The second-order valence-corrected chi connectivity index (χ2v) is 6.95. The summed E-state index contributed by atoms with van der Waals surface area (Å²) in [4.78, 5) is 16.2. The minimum Gasteiger partial charge on any atom is -0.497 e. The van der Waals surface area contributed by atoms with Crippen LogP contribution in [0.15, 0.2) is 30.5 Å². The van der Waals surface area contributed by atoms with Crippen molar-refractivity contribution in [2.24, 2.45) is 0 Å². The van der Waals surface area contributed by atoms with Crippen molar-refractivity contribution < 1.29 is 22.7 Å². The van der Waals surface area contributed by atoms with E-state index in [1.807, 2.05) is 0 Å². The molecular formula is C16H9Cl2F3N2O2S. The van der Waals surface area contributed by atoms with Crippen LogP contribution >= 0.6 is 34.5 Å². The van der Waals surface area contributed by atoms with Gasteiger partial charge in [0.05, 0.1) is 22.7 Å². The van der Waals surface area contributed by atoms with Crippen molar-refractivity contribution >= 4 is 56.3 Å². The largest absolute Gasteiger partial charge is 0.497 e. The first-order chi connectivity index (χ1) is 12.2. The van der Waals surface area contributed by atoms with Crippen LogP contribution in [-0.4, -0.2) is 18.0 Å². The van der Waals surface area contributed by atoms with E-state index in [0.717, 1.165) is 16.0 Å². The number of thiophene rings is 1. The number of carbonyl (C=O) groups excluding carboxylic acids is 1. The fourth-order valence-corrected chi connectivity index (χ4v) is 3.77. The summed E-state index contributed by atoms with van der Waals surface area (Å²) >= 11 is 13.2. The van der Waals surface area contributed by atoms with Crippen molar-refractivity contribution in [1.29, 1.82) is 0 Å². The van der Waals surface area contributed by atoms with Crippen molar-refractivity contribution in [3.63, 3.8) is 0 Å². The third-order valence-corrected chi connectivity index (χ3v) is 5.40. The number of aromatic nitrogens is 1. The topological polar surface area (TPSA) is 51.2 Å². The minimum atomic E-state index is -4.58. The molecule has 0 bridgehead atoms. The predicted molar refractivity (Wildman–Crippen MR) is 95.6 cm³/mol. The van der Waals surface area contributed by atoms with Gasteiger partial charge in [-0.25, -0.2) is 4.98 Å². The van der Waals surface area contributed by atoms with Crippen LogP contribution < -0.4 is 10.1 Å². The van der Waals surface area contributed by atoms with Crippen LogP contribution in [0.25, 0.3) is 10.1 Å². The van der Waals surface area contributed by atoms with Gasteiger partial charge in [0.2, 0.25) is 0 Å². The van der Waals surface area contributed by atoms with Crippen LogP contribution in [0.2, 0.25) is 10.0 Å². The molecule has 1 N–H and O–H groups in total. The molecule has 2 heterocycles. The molecule has 0 unspecified atom stereocenters. The maximum absolute atomic E-state index is 12.6. The van der Waals surface area contributed by atoms with E-state index in [1.165, 1.54) is 7.11 Å².